The Hall–Kier alpha value is -1.87. The Kier molecular flexibility index (Phi) is 5.13. The lowest BCUT2D eigenvalue weighted by molar-refractivity contribution is -0.118. The minimum absolute atomic E-state index is 0.0339. The van der Waals surface area contributed by atoms with Crippen LogP contribution in [0.1, 0.15) is 12.0 Å². The number of benzene rings is 2. The molecular weight excluding hydrogens is 279 g/mol. The second-order valence-electron chi connectivity index (χ2n) is 4.36. The molecule has 4 heteroatoms. The van der Waals surface area contributed by atoms with Crippen molar-refractivity contribution in [2.75, 3.05) is 6.61 Å². The second kappa shape index (κ2) is 7.06. The van der Waals surface area contributed by atoms with Gasteiger partial charge >= 0.3 is 0 Å². The van der Waals surface area contributed by atoms with Gasteiger partial charge in [-0.15, -0.1) is 0 Å². The maximum absolute atomic E-state index is 13.1. The predicted molar refractivity (Wildman–Crippen MR) is 76.7 cm³/mol. The molecule has 0 fully saturated rings. The van der Waals surface area contributed by atoms with E-state index in [9.17, 15) is 9.18 Å². The minimum atomic E-state index is -0.391. The highest BCUT2D eigenvalue weighted by Crippen LogP contribution is 2.18. The summed E-state index contributed by atoms with van der Waals surface area (Å²) < 4.78 is 18.5. The molecule has 0 aliphatic heterocycles. The van der Waals surface area contributed by atoms with Gasteiger partial charge in [0.15, 0.2) is 0 Å². The molecule has 2 rings (SSSR count). The van der Waals surface area contributed by atoms with Crippen LogP contribution in [-0.4, -0.2) is 12.4 Å². The largest absolute Gasteiger partial charge is 0.493 e. The Morgan fingerprint density at radius 3 is 2.65 bits per heavy atom. The first-order chi connectivity index (χ1) is 9.65. The fraction of sp³-hybridized carbons (Fsp3) is 0.188. The van der Waals surface area contributed by atoms with Crippen molar-refractivity contribution in [3.05, 3.63) is 64.9 Å². The van der Waals surface area contributed by atoms with E-state index in [2.05, 4.69) is 0 Å². The van der Waals surface area contributed by atoms with Gasteiger partial charge < -0.3 is 4.74 Å². The molecule has 0 N–H and O–H groups in total. The van der Waals surface area contributed by atoms with E-state index < -0.39 is 5.82 Å². The van der Waals surface area contributed by atoms with Gasteiger partial charge in [0.2, 0.25) is 0 Å². The lowest BCUT2D eigenvalue weighted by Crippen LogP contribution is -2.09. The highest BCUT2D eigenvalue weighted by Gasteiger charge is 2.08. The van der Waals surface area contributed by atoms with E-state index in [4.69, 9.17) is 16.3 Å². The fourth-order valence-corrected chi connectivity index (χ4v) is 1.96. The summed E-state index contributed by atoms with van der Waals surface area (Å²) in [5.41, 5.74) is 0.511. The number of Topliss-reactive ketones (excluding diaryl/α,β-unsaturated/α-hetero) is 1. The van der Waals surface area contributed by atoms with Crippen molar-refractivity contribution in [3.8, 4) is 5.75 Å². The van der Waals surface area contributed by atoms with Gasteiger partial charge in [0.1, 0.15) is 17.3 Å². The van der Waals surface area contributed by atoms with Crippen molar-refractivity contribution in [1.29, 1.82) is 0 Å². The second-order valence-corrected chi connectivity index (χ2v) is 4.77. The summed E-state index contributed by atoms with van der Waals surface area (Å²) in [5, 5.41) is 0.406. The zero-order valence-electron chi connectivity index (χ0n) is 10.8. The first-order valence-corrected chi connectivity index (χ1v) is 6.66. The molecule has 0 amide bonds. The molecule has 0 atom stereocenters. The maximum Gasteiger partial charge on any atom is 0.140 e. The Labute approximate surface area is 122 Å². The highest BCUT2D eigenvalue weighted by molar-refractivity contribution is 6.31. The Bertz CT molecular complexity index is 584. The van der Waals surface area contributed by atoms with Crippen LogP contribution in [0.2, 0.25) is 5.02 Å². The number of rotatable bonds is 6. The highest BCUT2D eigenvalue weighted by atomic mass is 35.5. The summed E-state index contributed by atoms with van der Waals surface area (Å²) in [4.78, 5) is 11.8. The normalized spacial score (nSPS) is 10.3. The number of hydrogen-bond acceptors (Lipinski definition) is 2. The molecule has 0 aliphatic carbocycles. The van der Waals surface area contributed by atoms with Crippen LogP contribution in [0, 0.1) is 5.82 Å². The van der Waals surface area contributed by atoms with E-state index >= 15 is 0 Å². The maximum atomic E-state index is 13.1. The summed E-state index contributed by atoms with van der Waals surface area (Å²) in [7, 11) is 0. The molecule has 0 spiro atoms. The summed E-state index contributed by atoms with van der Waals surface area (Å²) in [6.45, 7) is 0.301. The van der Waals surface area contributed by atoms with Gasteiger partial charge in [-0.2, -0.15) is 0 Å². The number of carbonyl (C=O) groups excluding carboxylic acids is 1. The van der Waals surface area contributed by atoms with E-state index in [0.717, 1.165) is 5.75 Å². The van der Waals surface area contributed by atoms with Crippen molar-refractivity contribution in [3.63, 3.8) is 0 Å². The molecule has 2 nitrogen and oxygen atoms in total. The number of para-hydroxylation sites is 1. The van der Waals surface area contributed by atoms with Gasteiger partial charge in [-0.05, 0) is 35.9 Å². The van der Waals surface area contributed by atoms with E-state index in [0.29, 0.717) is 17.2 Å². The first kappa shape index (κ1) is 14.5. The molecule has 0 saturated carbocycles. The van der Waals surface area contributed by atoms with Crippen LogP contribution in [0.3, 0.4) is 0 Å². The number of halogens is 2. The zero-order valence-corrected chi connectivity index (χ0v) is 11.6. The van der Waals surface area contributed by atoms with Gasteiger partial charge in [0.25, 0.3) is 0 Å². The van der Waals surface area contributed by atoms with Crippen LogP contribution in [0.5, 0.6) is 5.75 Å². The molecule has 0 unspecified atom stereocenters. The molecule has 0 aliphatic rings. The number of hydrogen-bond donors (Lipinski definition) is 0. The fourth-order valence-electron chi connectivity index (χ4n) is 1.78. The molecule has 0 heterocycles. The molecule has 0 bridgehead atoms. The van der Waals surface area contributed by atoms with Gasteiger partial charge in [0, 0.05) is 17.9 Å². The van der Waals surface area contributed by atoms with E-state index in [1.165, 1.54) is 18.2 Å². The molecule has 0 aromatic heterocycles. The summed E-state index contributed by atoms with van der Waals surface area (Å²) in [6.07, 6.45) is 0.385. The van der Waals surface area contributed by atoms with Crippen LogP contribution in [-0.2, 0) is 11.2 Å². The molecule has 0 saturated heterocycles. The molecule has 104 valence electrons. The van der Waals surface area contributed by atoms with E-state index in [-0.39, 0.29) is 18.6 Å². The minimum Gasteiger partial charge on any atom is -0.493 e. The van der Waals surface area contributed by atoms with Crippen LogP contribution in [0.25, 0.3) is 0 Å². The molecule has 2 aromatic rings. The lowest BCUT2D eigenvalue weighted by Gasteiger charge is -2.06. The van der Waals surface area contributed by atoms with Gasteiger partial charge in [-0.25, -0.2) is 4.39 Å². The van der Waals surface area contributed by atoms with Crippen molar-refractivity contribution in [2.24, 2.45) is 0 Å². The SMILES string of the molecule is O=C(CCOc1ccccc1)Cc1cc(F)ccc1Cl. The third-order valence-electron chi connectivity index (χ3n) is 2.79. The van der Waals surface area contributed by atoms with Crippen molar-refractivity contribution >= 4 is 17.4 Å². The first-order valence-electron chi connectivity index (χ1n) is 6.28. The summed E-state index contributed by atoms with van der Waals surface area (Å²) in [6, 6.07) is 13.3. The van der Waals surface area contributed by atoms with Crippen molar-refractivity contribution in [1.82, 2.24) is 0 Å². The van der Waals surface area contributed by atoms with E-state index in [1.807, 2.05) is 30.3 Å². The average Bonchev–Trinajstić information content (AvgIpc) is 2.44. The predicted octanol–water partition coefficient (Wildman–Crippen LogP) is 4.06. The van der Waals surface area contributed by atoms with Crippen molar-refractivity contribution in [2.45, 2.75) is 12.8 Å². The Morgan fingerprint density at radius 2 is 1.90 bits per heavy atom. The standard InChI is InChI=1S/C16H14ClFO2/c17-16-7-6-13(18)10-12(16)11-14(19)8-9-20-15-4-2-1-3-5-15/h1-7,10H,8-9,11H2. The van der Waals surface area contributed by atoms with Crippen LogP contribution >= 0.6 is 11.6 Å². The third kappa shape index (κ3) is 4.35. The Morgan fingerprint density at radius 1 is 1.15 bits per heavy atom. The van der Waals surface area contributed by atoms with Crippen LogP contribution in [0.15, 0.2) is 48.5 Å². The quantitative estimate of drug-likeness (QED) is 0.802. The monoisotopic (exact) mass is 292 g/mol. The number of ketones is 1. The smallest absolute Gasteiger partial charge is 0.140 e. The van der Waals surface area contributed by atoms with Crippen LogP contribution in [0.4, 0.5) is 4.39 Å². The van der Waals surface area contributed by atoms with Crippen molar-refractivity contribution < 1.29 is 13.9 Å². The van der Waals surface area contributed by atoms with Crippen LogP contribution < -0.4 is 4.74 Å². The van der Waals surface area contributed by atoms with E-state index in [1.54, 1.807) is 0 Å². The molecule has 2 aromatic carbocycles. The molecule has 20 heavy (non-hydrogen) atoms. The number of ether oxygens (including phenoxy) is 1. The topological polar surface area (TPSA) is 26.3 Å². The Balaban J connectivity index is 1.82. The molecule has 0 radical (unpaired) electrons. The lowest BCUT2D eigenvalue weighted by atomic mass is 10.1. The summed E-state index contributed by atoms with van der Waals surface area (Å²) in [5.74, 6) is 0.301. The zero-order chi connectivity index (χ0) is 14.4. The van der Waals surface area contributed by atoms with Gasteiger partial charge in [0.05, 0.1) is 6.61 Å². The average molecular weight is 293 g/mol. The molecular formula is C16H14ClFO2. The number of carbonyl (C=O) groups is 1. The third-order valence-corrected chi connectivity index (χ3v) is 3.16. The van der Waals surface area contributed by atoms with Gasteiger partial charge in [-0.3, -0.25) is 4.79 Å². The summed E-state index contributed by atoms with van der Waals surface area (Å²) >= 11 is 5.92. The van der Waals surface area contributed by atoms with Gasteiger partial charge in [-0.1, -0.05) is 29.8 Å².